The first-order chi connectivity index (χ1) is 21.9. The highest BCUT2D eigenvalue weighted by Gasteiger charge is 2.35. The third kappa shape index (κ3) is 8.77. The third-order valence-corrected chi connectivity index (χ3v) is 9.91. The van der Waals surface area contributed by atoms with Crippen molar-refractivity contribution >= 4 is 50.7 Å². The highest BCUT2D eigenvalue weighted by atomic mass is 35.5. The quantitative estimate of drug-likeness (QED) is 0.187. The minimum atomic E-state index is -4.37. The van der Waals surface area contributed by atoms with Gasteiger partial charge in [-0.2, -0.15) is 0 Å². The zero-order valence-electron chi connectivity index (χ0n) is 26.9. The number of ether oxygens (including phenoxy) is 3. The topological polar surface area (TPSA) is 114 Å². The van der Waals surface area contributed by atoms with E-state index in [1.54, 1.807) is 49.4 Å². The van der Waals surface area contributed by atoms with Gasteiger partial charge >= 0.3 is 0 Å². The van der Waals surface area contributed by atoms with Gasteiger partial charge in [-0.05, 0) is 75.2 Å². The van der Waals surface area contributed by atoms with Crippen molar-refractivity contribution in [2.45, 2.75) is 64.1 Å². The van der Waals surface area contributed by atoms with Crippen LogP contribution in [0.1, 0.15) is 46.1 Å². The van der Waals surface area contributed by atoms with Gasteiger partial charge in [0.1, 0.15) is 18.3 Å². The molecular weight excluding hydrogens is 653 g/mol. The molecule has 0 fully saturated rings. The number of carbonyl (C=O) groups excluding carboxylic acids is 2. The Balaban J connectivity index is 2.15. The average Bonchev–Trinajstić information content (AvgIpc) is 3.04. The van der Waals surface area contributed by atoms with Crippen LogP contribution in [-0.4, -0.2) is 64.6 Å². The Morgan fingerprint density at radius 1 is 0.891 bits per heavy atom. The Hall–Kier alpha value is -3.67. The van der Waals surface area contributed by atoms with E-state index in [1.165, 1.54) is 37.3 Å². The standard InChI is InChI=1S/C33H41Cl2N3O7S/c1-7-22(4)36-33(40)29(8-2)37(20-26-27(34)11-10-12-28(26)35)32(39)21-38(23-13-15-24(16-14-23)45-9-3)46(41,42)25-17-18-30(43-5)31(19-25)44-6/h10-19,22,29H,7-9,20-21H2,1-6H3,(H,36,40)/t22-,29-/m0/s1. The van der Waals surface area contributed by atoms with E-state index in [1.807, 2.05) is 20.8 Å². The number of methoxy groups -OCH3 is 2. The summed E-state index contributed by atoms with van der Waals surface area (Å²) in [6.45, 7) is 7.07. The number of carbonyl (C=O) groups is 2. The maximum Gasteiger partial charge on any atom is 0.264 e. The molecule has 0 bridgehead atoms. The lowest BCUT2D eigenvalue weighted by Crippen LogP contribution is -2.53. The van der Waals surface area contributed by atoms with E-state index in [2.05, 4.69) is 5.32 Å². The van der Waals surface area contributed by atoms with Crippen LogP contribution in [-0.2, 0) is 26.2 Å². The number of benzene rings is 3. The molecule has 0 heterocycles. The Morgan fingerprint density at radius 2 is 1.52 bits per heavy atom. The summed E-state index contributed by atoms with van der Waals surface area (Å²) in [6, 6.07) is 14.4. The second-order valence-electron chi connectivity index (χ2n) is 10.4. The van der Waals surface area contributed by atoms with Gasteiger partial charge in [-0.3, -0.25) is 13.9 Å². The van der Waals surface area contributed by atoms with Crippen LogP contribution in [0.25, 0.3) is 0 Å². The summed E-state index contributed by atoms with van der Waals surface area (Å²) in [5.74, 6) is 0.0583. The van der Waals surface area contributed by atoms with E-state index < -0.39 is 28.5 Å². The predicted molar refractivity (Wildman–Crippen MR) is 181 cm³/mol. The highest BCUT2D eigenvalue weighted by Crippen LogP contribution is 2.33. The summed E-state index contributed by atoms with van der Waals surface area (Å²) in [7, 11) is -1.53. The summed E-state index contributed by atoms with van der Waals surface area (Å²) in [5, 5.41) is 3.56. The highest BCUT2D eigenvalue weighted by molar-refractivity contribution is 7.92. The monoisotopic (exact) mass is 693 g/mol. The molecule has 0 radical (unpaired) electrons. The molecule has 1 N–H and O–H groups in total. The van der Waals surface area contributed by atoms with Gasteiger partial charge in [0.2, 0.25) is 11.8 Å². The van der Waals surface area contributed by atoms with Gasteiger partial charge in [-0.25, -0.2) is 8.42 Å². The van der Waals surface area contributed by atoms with Crippen LogP contribution >= 0.6 is 23.2 Å². The van der Waals surface area contributed by atoms with Crippen LogP contribution in [0.4, 0.5) is 5.69 Å². The van der Waals surface area contributed by atoms with Gasteiger partial charge in [-0.1, -0.05) is 43.1 Å². The molecule has 0 aliphatic heterocycles. The van der Waals surface area contributed by atoms with E-state index in [-0.39, 0.29) is 41.2 Å². The number of anilines is 1. The molecule has 0 aliphatic carbocycles. The number of sulfonamides is 1. The van der Waals surface area contributed by atoms with Gasteiger partial charge in [0, 0.05) is 34.3 Å². The lowest BCUT2D eigenvalue weighted by molar-refractivity contribution is -0.140. The Labute approximate surface area is 281 Å². The number of halogens is 2. The molecule has 10 nitrogen and oxygen atoms in total. The fourth-order valence-corrected chi connectivity index (χ4v) is 6.67. The lowest BCUT2D eigenvalue weighted by atomic mass is 10.1. The molecule has 3 aromatic rings. The lowest BCUT2D eigenvalue weighted by Gasteiger charge is -2.34. The normalized spacial score (nSPS) is 12.5. The molecular formula is C33H41Cl2N3O7S. The van der Waals surface area contributed by atoms with Gasteiger partial charge in [0.15, 0.2) is 11.5 Å². The first-order valence-corrected chi connectivity index (χ1v) is 17.1. The van der Waals surface area contributed by atoms with Crippen molar-refractivity contribution in [1.82, 2.24) is 10.2 Å². The SMILES string of the molecule is CCOc1ccc(N(CC(=O)N(Cc2c(Cl)cccc2Cl)[C@@H](CC)C(=O)N[C@@H](C)CC)S(=O)(=O)c2ccc(OC)c(OC)c2)cc1. The van der Waals surface area contributed by atoms with Gasteiger partial charge in [0.25, 0.3) is 10.0 Å². The first-order valence-electron chi connectivity index (χ1n) is 14.9. The number of hydrogen-bond acceptors (Lipinski definition) is 7. The molecule has 0 spiro atoms. The van der Waals surface area contributed by atoms with E-state index in [0.29, 0.717) is 40.1 Å². The molecule has 3 aromatic carbocycles. The number of amides is 2. The number of hydrogen-bond donors (Lipinski definition) is 1. The Morgan fingerprint density at radius 3 is 2.07 bits per heavy atom. The molecule has 250 valence electrons. The molecule has 0 unspecified atom stereocenters. The summed E-state index contributed by atoms with van der Waals surface area (Å²) >= 11 is 13.0. The molecule has 0 aliphatic rings. The smallest absolute Gasteiger partial charge is 0.264 e. The summed E-state index contributed by atoms with van der Waals surface area (Å²) in [4.78, 5) is 29.1. The molecule has 0 saturated heterocycles. The van der Waals surface area contributed by atoms with Crippen LogP contribution in [0.2, 0.25) is 10.0 Å². The first kappa shape index (κ1) is 36.8. The largest absolute Gasteiger partial charge is 0.494 e. The summed E-state index contributed by atoms with van der Waals surface area (Å²) in [6.07, 6.45) is 0.934. The fourth-order valence-electron chi connectivity index (χ4n) is 4.72. The van der Waals surface area contributed by atoms with Gasteiger partial charge < -0.3 is 24.4 Å². The fraction of sp³-hybridized carbons (Fsp3) is 0.394. The van der Waals surface area contributed by atoms with E-state index in [4.69, 9.17) is 37.4 Å². The maximum atomic E-state index is 14.4. The molecule has 3 rings (SSSR count). The molecule has 2 atom stereocenters. The van der Waals surface area contributed by atoms with Gasteiger partial charge in [0.05, 0.1) is 31.4 Å². The molecule has 0 aromatic heterocycles. The number of rotatable bonds is 16. The van der Waals surface area contributed by atoms with E-state index in [0.717, 1.165) is 4.31 Å². The van der Waals surface area contributed by atoms with Crippen molar-refractivity contribution in [3.05, 3.63) is 76.3 Å². The van der Waals surface area contributed by atoms with Crippen molar-refractivity contribution in [2.24, 2.45) is 0 Å². The zero-order valence-corrected chi connectivity index (χ0v) is 29.2. The van der Waals surface area contributed by atoms with Crippen LogP contribution in [0, 0.1) is 0 Å². The molecule has 13 heteroatoms. The van der Waals surface area contributed by atoms with Gasteiger partial charge in [-0.15, -0.1) is 0 Å². The van der Waals surface area contributed by atoms with Crippen molar-refractivity contribution < 1.29 is 32.2 Å². The van der Waals surface area contributed by atoms with Crippen molar-refractivity contribution in [1.29, 1.82) is 0 Å². The maximum absolute atomic E-state index is 14.4. The summed E-state index contributed by atoms with van der Waals surface area (Å²) < 4.78 is 45.8. The third-order valence-electron chi connectivity index (χ3n) is 7.43. The van der Waals surface area contributed by atoms with Crippen LogP contribution in [0.3, 0.4) is 0 Å². The molecule has 2 amide bonds. The molecule has 0 saturated carbocycles. The van der Waals surface area contributed by atoms with Crippen LogP contribution < -0.4 is 23.8 Å². The van der Waals surface area contributed by atoms with Crippen LogP contribution in [0.5, 0.6) is 17.2 Å². The van der Waals surface area contributed by atoms with Crippen molar-refractivity contribution in [3.63, 3.8) is 0 Å². The van der Waals surface area contributed by atoms with Crippen molar-refractivity contribution in [3.8, 4) is 17.2 Å². The van der Waals surface area contributed by atoms with Crippen LogP contribution in [0.15, 0.2) is 65.6 Å². The minimum Gasteiger partial charge on any atom is -0.494 e. The van der Waals surface area contributed by atoms with E-state index in [9.17, 15) is 18.0 Å². The number of nitrogens with zero attached hydrogens (tertiary/aromatic N) is 2. The Bertz CT molecular complexity index is 1580. The molecule has 46 heavy (non-hydrogen) atoms. The van der Waals surface area contributed by atoms with Crippen molar-refractivity contribution in [2.75, 3.05) is 31.7 Å². The number of nitrogens with one attached hydrogen (secondary N) is 1. The Kier molecular flexibility index (Phi) is 13.4. The second kappa shape index (κ2) is 16.8. The second-order valence-corrected chi connectivity index (χ2v) is 13.1. The minimum absolute atomic E-state index is 0.128. The van der Waals surface area contributed by atoms with E-state index >= 15 is 0 Å². The predicted octanol–water partition coefficient (Wildman–Crippen LogP) is 6.33. The average molecular weight is 695 g/mol. The zero-order chi connectivity index (χ0) is 34.0. The summed E-state index contributed by atoms with van der Waals surface area (Å²) in [5.41, 5.74) is 0.642.